The fourth-order valence-electron chi connectivity index (χ4n) is 1.64. The van der Waals surface area contributed by atoms with Crippen molar-refractivity contribution in [3.05, 3.63) is 22.7 Å². The topological polar surface area (TPSA) is 55.9 Å². The molecule has 1 aromatic carbocycles. The van der Waals surface area contributed by atoms with Crippen molar-refractivity contribution in [1.29, 1.82) is 0 Å². The second-order valence-electron chi connectivity index (χ2n) is 3.17. The van der Waals surface area contributed by atoms with Gasteiger partial charge in [0, 0.05) is 7.05 Å². The van der Waals surface area contributed by atoms with Crippen LogP contribution in [0.25, 0.3) is 10.9 Å². The number of rotatable bonds is 1. The molecule has 0 fully saturated rings. The zero-order valence-corrected chi connectivity index (χ0v) is 13.1. The number of benzene rings is 1. The Hall–Kier alpha value is -0.910. The third-order valence-electron chi connectivity index (χ3n) is 2.25. The van der Waals surface area contributed by atoms with Crippen molar-refractivity contribution < 1.29 is 0 Å². The largest absolute Gasteiger partial charge is 0.333 e. The smallest absolute Gasteiger partial charge is 0.167 e. The van der Waals surface area contributed by atoms with Crippen LogP contribution >= 0.6 is 24.4 Å². The number of nitrogens with zero attached hydrogens (tertiary/aromatic N) is 2. The fourth-order valence-corrected chi connectivity index (χ4v) is 2.04. The van der Waals surface area contributed by atoms with Gasteiger partial charge in [0.25, 0.3) is 0 Å². The molecule has 0 bridgehead atoms. The van der Waals surface area contributed by atoms with E-state index in [1.54, 1.807) is 4.68 Å². The number of anilines is 1. The van der Waals surface area contributed by atoms with Crippen LogP contribution in [0.2, 0.25) is 5.02 Å². The molecule has 0 atom stereocenters. The zero-order chi connectivity index (χ0) is 14.3. The molecule has 0 aliphatic carbocycles. The van der Waals surface area contributed by atoms with Gasteiger partial charge in [-0.2, -0.15) is 5.10 Å². The summed E-state index contributed by atoms with van der Waals surface area (Å²) in [5.74, 6) is 0.694. The van der Waals surface area contributed by atoms with E-state index in [1.165, 1.54) is 7.05 Å². The first-order valence-electron chi connectivity index (χ1n) is 5.75. The second kappa shape index (κ2) is 8.24. The number of hydrogen-bond donors (Lipinski definition) is 3. The van der Waals surface area contributed by atoms with Crippen LogP contribution in [-0.2, 0) is 7.05 Å². The lowest BCUT2D eigenvalue weighted by atomic mass is 10.1. The van der Waals surface area contributed by atoms with Crippen LogP contribution in [0.4, 0.5) is 5.82 Å². The van der Waals surface area contributed by atoms with E-state index in [0.717, 1.165) is 16.5 Å². The van der Waals surface area contributed by atoms with Crippen LogP contribution in [0.1, 0.15) is 19.4 Å². The molecule has 0 saturated heterocycles. The Morgan fingerprint density at radius 2 is 1.89 bits per heavy atom. The molecule has 1 aromatic heterocycles. The summed E-state index contributed by atoms with van der Waals surface area (Å²) in [6, 6.07) is 3.85. The van der Waals surface area contributed by atoms with Gasteiger partial charge in [-0.15, -0.1) is 0 Å². The van der Waals surface area contributed by atoms with Gasteiger partial charge in [0.1, 0.15) is 0 Å². The Balaban J connectivity index is 0.000000659. The number of fused-ring (bicyclic) bond motifs is 1. The van der Waals surface area contributed by atoms with E-state index in [1.807, 2.05) is 40.0 Å². The summed E-state index contributed by atoms with van der Waals surface area (Å²) in [6.07, 6.45) is 0. The zero-order valence-electron chi connectivity index (χ0n) is 11.5. The molecular weight excluding hydrogens is 268 g/mol. The summed E-state index contributed by atoms with van der Waals surface area (Å²) in [6.45, 7) is 6.03. The first-order valence-corrected chi connectivity index (χ1v) is 6.57. The van der Waals surface area contributed by atoms with Gasteiger partial charge in [0.15, 0.2) is 5.82 Å². The highest BCUT2D eigenvalue weighted by Crippen LogP contribution is 2.32. The van der Waals surface area contributed by atoms with Gasteiger partial charge in [-0.25, -0.2) is 0 Å². The quantitative estimate of drug-likeness (QED) is 0.705. The normalized spacial score (nSPS) is 9.11. The minimum Gasteiger partial charge on any atom is -0.333 e. The van der Waals surface area contributed by atoms with Crippen LogP contribution in [0.15, 0.2) is 12.1 Å². The van der Waals surface area contributed by atoms with Crippen molar-refractivity contribution in [3.8, 4) is 0 Å². The standard InChI is InChI=1S/C9H10ClN3S.C2H6.CH5N/c1-5-3-4-6(10)7-8(5)13(2)11-9(7)12-14;2*1-2/h3-4,14H,1-2H3,(H,11,12);1-2H3;2H2,1H3. The van der Waals surface area contributed by atoms with E-state index in [9.17, 15) is 0 Å². The van der Waals surface area contributed by atoms with Gasteiger partial charge in [-0.05, 0) is 25.6 Å². The Morgan fingerprint density at radius 3 is 2.39 bits per heavy atom. The lowest BCUT2D eigenvalue weighted by Gasteiger charge is -2.00. The van der Waals surface area contributed by atoms with Gasteiger partial charge >= 0.3 is 0 Å². The second-order valence-corrected chi connectivity index (χ2v) is 3.80. The molecule has 0 aliphatic heterocycles. The summed E-state index contributed by atoms with van der Waals surface area (Å²) < 4.78 is 4.54. The minimum atomic E-state index is 0.690. The van der Waals surface area contributed by atoms with Crippen molar-refractivity contribution >= 4 is 41.1 Å². The Morgan fingerprint density at radius 1 is 1.33 bits per heavy atom. The van der Waals surface area contributed by atoms with E-state index in [-0.39, 0.29) is 0 Å². The van der Waals surface area contributed by atoms with Crippen LogP contribution in [0, 0.1) is 6.92 Å². The van der Waals surface area contributed by atoms with E-state index in [4.69, 9.17) is 11.6 Å². The third-order valence-corrected chi connectivity index (χ3v) is 2.77. The number of aromatic nitrogens is 2. The van der Waals surface area contributed by atoms with Crippen LogP contribution in [-0.4, -0.2) is 16.8 Å². The molecule has 3 N–H and O–H groups in total. The summed E-state index contributed by atoms with van der Waals surface area (Å²) in [5.41, 5.74) is 6.68. The van der Waals surface area contributed by atoms with Gasteiger partial charge in [0.05, 0.1) is 15.9 Å². The molecule has 6 heteroatoms. The van der Waals surface area contributed by atoms with Gasteiger partial charge < -0.3 is 10.5 Å². The average molecular weight is 289 g/mol. The average Bonchev–Trinajstić information content (AvgIpc) is 2.77. The van der Waals surface area contributed by atoms with Crippen molar-refractivity contribution in [2.45, 2.75) is 20.8 Å². The number of aryl methyl sites for hydroxylation is 2. The van der Waals surface area contributed by atoms with Crippen molar-refractivity contribution in [2.75, 3.05) is 11.8 Å². The summed E-state index contributed by atoms with van der Waals surface area (Å²) in [7, 11) is 3.39. The van der Waals surface area contributed by atoms with Crippen LogP contribution in [0.5, 0.6) is 0 Å². The first kappa shape index (κ1) is 17.1. The van der Waals surface area contributed by atoms with Gasteiger partial charge in [-0.1, -0.05) is 44.3 Å². The SMILES string of the molecule is CC.CN.Cc1ccc(Cl)c2c(NS)nn(C)c12. The predicted octanol–water partition coefficient (Wildman–Crippen LogP) is 3.39. The Labute approximate surface area is 119 Å². The molecular formula is C12H21ClN4S. The van der Waals surface area contributed by atoms with Crippen LogP contribution in [0.3, 0.4) is 0 Å². The number of hydrogen-bond acceptors (Lipinski definition) is 4. The number of halogens is 1. The maximum Gasteiger partial charge on any atom is 0.167 e. The van der Waals surface area contributed by atoms with Gasteiger partial charge in [-0.3, -0.25) is 4.68 Å². The highest BCUT2D eigenvalue weighted by Gasteiger charge is 2.12. The maximum absolute atomic E-state index is 6.10. The van der Waals surface area contributed by atoms with Crippen LogP contribution < -0.4 is 10.5 Å². The van der Waals surface area contributed by atoms with E-state index in [0.29, 0.717) is 10.8 Å². The molecule has 0 spiro atoms. The molecule has 2 rings (SSSR count). The van der Waals surface area contributed by atoms with Crippen molar-refractivity contribution in [1.82, 2.24) is 9.78 Å². The van der Waals surface area contributed by atoms with Gasteiger partial charge in [0.2, 0.25) is 0 Å². The highest BCUT2D eigenvalue weighted by atomic mass is 35.5. The first-order chi connectivity index (χ1) is 8.65. The fraction of sp³-hybridized carbons (Fsp3) is 0.417. The Kier molecular flexibility index (Phi) is 7.82. The lowest BCUT2D eigenvalue weighted by Crippen LogP contribution is -1.91. The maximum atomic E-state index is 6.10. The molecule has 102 valence electrons. The summed E-state index contributed by atoms with van der Waals surface area (Å²) in [5, 5.41) is 5.89. The molecule has 0 amide bonds. The lowest BCUT2D eigenvalue weighted by molar-refractivity contribution is 0.800. The van der Waals surface area contributed by atoms with Crippen molar-refractivity contribution in [3.63, 3.8) is 0 Å². The molecule has 1 heterocycles. The molecule has 2 aromatic rings. The molecule has 18 heavy (non-hydrogen) atoms. The van der Waals surface area contributed by atoms with E-state index < -0.39 is 0 Å². The predicted molar refractivity (Wildman–Crippen MR) is 84.5 cm³/mol. The molecule has 0 aliphatic rings. The van der Waals surface area contributed by atoms with Crippen molar-refractivity contribution in [2.24, 2.45) is 12.8 Å². The monoisotopic (exact) mass is 288 g/mol. The highest BCUT2D eigenvalue weighted by molar-refractivity contribution is 7.81. The third kappa shape index (κ3) is 3.31. The molecule has 0 unspecified atom stereocenters. The number of nitrogens with one attached hydrogen (secondary N) is 1. The minimum absolute atomic E-state index is 0.690. The number of nitrogens with two attached hydrogens (primary N) is 1. The van der Waals surface area contributed by atoms with E-state index in [2.05, 4.69) is 28.4 Å². The number of thiol groups is 1. The summed E-state index contributed by atoms with van der Waals surface area (Å²) >= 11 is 10.1. The molecule has 0 radical (unpaired) electrons. The van der Waals surface area contributed by atoms with E-state index >= 15 is 0 Å². The molecule has 4 nitrogen and oxygen atoms in total. The molecule has 0 saturated carbocycles. The summed E-state index contributed by atoms with van der Waals surface area (Å²) in [4.78, 5) is 0. The Bertz CT molecular complexity index is 496.